The molecule has 29 heteroatoms. The molecule has 0 aromatic carbocycles. The molecule has 25 nitrogen and oxygen atoms in total. The topological polar surface area (TPSA) is 279 Å². The molecule has 7 rings (SSSR count). The summed E-state index contributed by atoms with van der Waals surface area (Å²) in [6.07, 6.45) is -1.26. The van der Waals surface area contributed by atoms with Crippen LogP contribution in [0.1, 0.15) is 190 Å². The number of carbonyl (C=O) groups is 12. The van der Waals surface area contributed by atoms with Gasteiger partial charge in [0, 0.05) is 68.5 Å². The van der Waals surface area contributed by atoms with Gasteiger partial charge in [-0.05, 0) is 114 Å². The smallest absolute Gasteiger partial charge is 0.378 e. The minimum atomic E-state index is -4.75. The Morgan fingerprint density at radius 1 is 0.604 bits per heavy atom. The predicted octanol–water partition coefficient (Wildman–Crippen LogP) is 5.06. The molecule has 3 aliphatic carbocycles. The fourth-order valence-corrected chi connectivity index (χ4v) is 16.3. The number of ether oxygens (including phenoxy) is 1. The second-order valence-corrected chi connectivity index (χ2v) is 30.7. The minimum absolute atomic E-state index is 0.00399. The largest absolute Gasteiger partial charge is 0.394 e. The van der Waals surface area contributed by atoms with Crippen LogP contribution in [0.2, 0.25) is 0 Å². The summed E-state index contributed by atoms with van der Waals surface area (Å²) in [6.45, 7) is 12.6. The van der Waals surface area contributed by atoms with Crippen LogP contribution in [0.25, 0.3) is 0 Å². The maximum absolute atomic E-state index is 15.5. The fraction of sp³-hybridized carbons (Fsp3) is 0.833. The highest BCUT2D eigenvalue weighted by atomic mass is 19.4. The Morgan fingerprint density at radius 2 is 1.24 bits per heavy atom. The third kappa shape index (κ3) is 19.4. The van der Waals surface area contributed by atoms with E-state index >= 15 is 28.4 Å². The molecule has 0 aromatic heterocycles. The molecule has 570 valence electrons. The zero-order valence-electron chi connectivity index (χ0n) is 62.1. The quantitative estimate of drug-likeness (QED) is 0.216. The van der Waals surface area contributed by atoms with Crippen molar-refractivity contribution < 1.29 is 79.8 Å². The number of alkyl halides is 4. The normalized spacial score (nSPS) is 31.1. The Hall–Kier alpha value is -6.68. The molecule has 101 heavy (non-hydrogen) atoms. The lowest BCUT2D eigenvalue weighted by atomic mass is 9.78. The lowest BCUT2D eigenvalue weighted by Gasteiger charge is -2.45. The molecule has 7 fully saturated rings. The second kappa shape index (κ2) is 35.7. The van der Waals surface area contributed by atoms with Gasteiger partial charge in [-0.25, -0.2) is 4.39 Å². The van der Waals surface area contributed by atoms with Gasteiger partial charge in [0.2, 0.25) is 70.9 Å². The van der Waals surface area contributed by atoms with E-state index in [1.807, 2.05) is 27.7 Å². The van der Waals surface area contributed by atoms with Gasteiger partial charge >= 0.3 is 6.18 Å². The van der Waals surface area contributed by atoms with E-state index in [0.717, 1.165) is 37.0 Å². The summed E-state index contributed by atoms with van der Waals surface area (Å²) in [7, 11) is 8.55. The molecule has 7 aliphatic rings. The number of likely N-dealkylation sites (N-methyl/N-ethyl adjacent to an activating group) is 6. The summed E-state index contributed by atoms with van der Waals surface area (Å²) in [4.78, 5) is 192. The van der Waals surface area contributed by atoms with Gasteiger partial charge in [0.25, 0.3) is 0 Å². The van der Waals surface area contributed by atoms with Crippen LogP contribution in [0.4, 0.5) is 17.6 Å². The number of amides is 12. The highest BCUT2D eigenvalue weighted by Crippen LogP contribution is 2.43. The van der Waals surface area contributed by atoms with Crippen molar-refractivity contribution in [3.05, 3.63) is 0 Å². The Balaban J connectivity index is 1.28. The van der Waals surface area contributed by atoms with Crippen molar-refractivity contribution in [3.8, 4) is 0 Å². The third-order valence-corrected chi connectivity index (χ3v) is 23.5. The van der Waals surface area contributed by atoms with Crippen molar-refractivity contribution in [2.75, 3.05) is 88.2 Å². The van der Waals surface area contributed by atoms with E-state index in [-0.39, 0.29) is 109 Å². The molecule has 3 unspecified atom stereocenters. The molecule has 0 aromatic rings. The molecule has 0 radical (unpaired) electrons. The van der Waals surface area contributed by atoms with Crippen LogP contribution in [-0.2, 0) is 62.3 Å². The van der Waals surface area contributed by atoms with Gasteiger partial charge in [0.1, 0.15) is 66.1 Å². The summed E-state index contributed by atoms with van der Waals surface area (Å²) in [5.74, 6) is -11.9. The maximum Gasteiger partial charge on any atom is 0.394 e. The van der Waals surface area contributed by atoms with Crippen LogP contribution in [-0.4, -0.2) is 275 Å². The van der Waals surface area contributed by atoms with Gasteiger partial charge in [0.15, 0.2) is 0 Å². The standard InChI is InChI=1S/C72H116F4N12O13/c1-14-44(5)59-68(98)81(9)46(7)63(93)88-33-29-53(88)66(96)83(11)55(40-47-22-17-16-18-23-47)65(95)80(8)42-57(89)77-51(28-26-48-25-27-49(50(73)39-48)72(74,75)76)64(94)87-32-21-24-52(87)62(92)79-71(30-19-20-31-71)70(100)85(13)60(45(6)15-2)69(99)84(12)56(67(97)86-34-36-101-37-35-86)41-58(90)82(10)54(38-43(3)4)61(91)78-59/h43-56,59-60H,14-42H2,1-13H3,(H,77,89)(H,78,91)(H,79,92)/t44-,45-,46-,48?,49?,50?,51-,52-,53-,54-,55-,56-,59-,60-/m0/s1. The average Bonchev–Trinajstić information content (AvgIpc) is 1.52. The van der Waals surface area contributed by atoms with Gasteiger partial charge in [-0.1, -0.05) is 99.3 Å². The lowest BCUT2D eigenvalue weighted by Crippen LogP contribution is -2.65. The third-order valence-electron chi connectivity index (χ3n) is 23.5. The highest BCUT2D eigenvalue weighted by Gasteiger charge is 2.53. The average molecular weight is 1430 g/mol. The first-order chi connectivity index (χ1) is 47.6. The number of fused-ring (bicyclic) bond motifs is 2. The molecular weight excluding hydrogens is 1320 g/mol. The first kappa shape index (κ1) is 81.6. The van der Waals surface area contributed by atoms with Crippen LogP contribution >= 0.6 is 0 Å². The number of halogens is 4. The van der Waals surface area contributed by atoms with E-state index < -0.39 is 193 Å². The van der Waals surface area contributed by atoms with Crippen LogP contribution in [0, 0.1) is 35.5 Å². The monoisotopic (exact) mass is 1430 g/mol. The molecular formula is C72H116F4N12O13. The highest BCUT2D eigenvalue weighted by molar-refractivity contribution is 6.01. The van der Waals surface area contributed by atoms with E-state index in [1.165, 1.54) is 88.4 Å². The zero-order valence-corrected chi connectivity index (χ0v) is 62.1. The fourth-order valence-electron chi connectivity index (χ4n) is 16.3. The number of hydrogen-bond donors (Lipinski definition) is 3. The van der Waals surface area contributed by atoms with Crippen molar-refractivity contribution in [1.29, 1.82) is 0 Å². The van der Waals surface area contributed by atoms with Crippen LogP contribution in [0.3, 0.4) is 0 Å². The number of rotatable bonds is 12. The molecule has 4 saturated heterocycles. The lowest BCUT2D eigenvalue weighted by molar-refractivity contribution is -0.201. The summed E-state index contributed by atoms with van der Waals surface area (Å²) in [6, 6.07) is -11.1. The van der Waals surface area contributed by atoms with E-state index in [4.69, 9.17) is 4.74 Å². The van der Waals surface area contributed by atoms with Gasteiger partial charge < -0.3 is 64.8 Å². The van der Waals surface area contributed by atoms with Crippen molar-refractivity contribution in [3.63, 3.8) is 0 Å². The minimum Gasteiger partial charge on any atom is -0.378 e. The van der Waals surface area contributed by atoms with Crippen molar-refractivity contribution in [2.24, 2.45) is 35.5 Å². The number of carbonyl (C=O) groups excluding carboxylic acids is 12. The van der Waals surface area contributed by atoms with E-state index in [2.05, 4.69) is 16.0 Å². The number of morpholine rings is 1. The first-order valence-electron chi connectivity index (χ1n) is 37.3. The van der Waals surface area contributed by atoms with Crippen molar-refractivity contribution in [2.45, 2.75) is 262 Å². The maximum atomic E-state index is 15.5. The molecule has 1 spiro atoms. The molecule has 4 aliphatic heterocycles. The number of nitrogens with one attached hydrogen (secondary N) is 3. The molecule has 14 atom stereocenters. The van der Waals surface area contributed by atoms with E-state index in [0.29, 0.717) is 32.1 Å². The van der Waals surface area contributed by atoms with Gasteiger partial charge in [-0.2, -0.15) is 13.2 Å². The first-order valence-corrected chi connectivity index (χ1v) is 37.3. The molecule has 3 saturated carbocycles. The van der Waals surface area contributed by atoms with Crippen molar-refractivity contribution in [1.82, 2.24) is 60.0 Å². The van der Waals surface area contributed by atoms with Gasteiger partial charge in [0.05, 0.1) is 32.1 Å². The zero-order chi connectivity index (χ0) is 74.7. The Morgan fingerprint density at radius 3 is 1.82 bits per heavy atom. The summed E-state index contributed by atoms with van der Waals surface area (Å²) < 4.78 is 62.5. The van der Waals surface area contributed by atoms with Gasteiger partial charge in [-0.15, -0.1) is 0 Å². The Labute approximate surface area is 594 Å². The predicted molar refractivity (Wildman–Crippen MR) is 367 cm³/mol. The Bertz CT molecular complexity index is 2960. The van der Waals surface area contributed by atoms with Gasteiger partial charge in [-0.3, -0.25) is 57.5 Å². The molecule has 3 N–H and O–H groups in total. The molecule has 4 heterocycles. The van der Waals surface area contributed by atoms with Crippen LogP contribution in [0.15, 0.2) is 0 Å². The molecule has 12 amide bonds. The van der Waals surface area contributed by atoms with E-state index in [1.54, 1.807) is 13.8 Å². The summed E-state index contributed by atoms with van der Waals surface area (Å²) in [5.41, 5.74) is -1.60. The van der Waals surface area contributed by atoms with Crippen LogP contribution < -0.4 is 16.0 Å². The number of nitrogens with zero attached hydrogens (tertiary/aromatic N) is 9. The summed E-state index contributed by atoms with van der Waals surface area (Å²) in [5, 5.41) is 8.74. The van der Waals surface area contributed by atoms with E-state index in [9.17, 15) is 46.7 Å². The number of hydrogen-bond acceptors (Lipinski definition) is 13. The SMILES string of the molecule is CC[C@H](C)[C@@H]1NC(=O)[C@H](CC(C)C)N(C)C(=O)C[C@@H](C(=O)N2CCOCC2)N(C)C(=O)[C@H]([C@@H](C)CC)N(C)C(=O)C2(CCCC2)NC(=O)[C@@H]2CCCN2C(=O)[C@H](CCC2CCC(C(F)(F)F)C(F)C2)NC(=O)CN(C)C(=O)[C@H](CC2CCCCC2)N(C)C(=O)[C@@H]2CCN2C(=O)[C@H](C)N(C)C1=O. The second-order valence-electron chi connectivity index (χ2n) is 30.7. The molecule has 0 bridgehead atoms. The summed E-state index contributed by atoms with van der Waals surface area (Å²) >= 11 is 0. The van der Waals surface area contributed by atoms with Crippen molar-refractivity contribution >= 4 is 70.9 Å². The Kier molecular flexibility index (Phi) is 28.8. The van der Waals surface area contributed by atoms with Crippen LogP contribution in [0.5, 0.6) is 0 Å².